The lowest BCUT2D eigenvalue weighted by Crippen LogP contribution is -2.39. The summed E-state index contributed by atoms with van der Waals surface area (Å²) in [6, 6.07) is -0.380. The molecule has 0 saturated heterocycles. The van der Waals surface area contributed by atoms with E-state index in [1.165, 1.54) is 0 Å². The topological polar surface area (TPSA) is 49.3 Å². The maximum atomic E-state index is 10.7. The Hall–Kier alpha value is -0.220. The van der Waals surface area contributed by atoms with Crippen molar-refractivity contribution in [3.8, 4) is 0 Å². The van der Waals surface area contributed by atoms with E-state index in [2.05, 4.69) is 19.2 Å². The second-order valence-electron chi connectivity index (χ2n) is 3.47. The van der Waals surface area contributed by atoms with Crippen molar-refractivity contribution in [1.82, 2.24) is 5.32 Å². The third-order valence-corrected chi connectivity index (χ3v) is 2.33. The van der Waals surface area contributed by atoms with E-state index in [9.17, 15) is 4.79 Å². The molecule has 0 aliphatic heterocycles. The van der Waals surface area contributed by atoms with Gasteiger partial charge in [-0.15, -0.1) is 0 Å². The Balaban J connectivity index is 3.74. The summed E-state index contributed by atoms with van der Waals surface area (Å²) < 4.78 is 0. The zero-order chi connectivity index (χ0) is 10.3. The fourth-order valence-corrected chi connectivity index (χ4v) is 1.40. The van der Waals surface area contributed by atoms with E-state index in [4.69, 9.17) is 5.11 Å². The Morgan fingerprint density at radius 2 is 2.15 bits per heavy atom. The smallest absolute Gasteiger partial charge is 0.320 e. The Morgan fingerprint density at radius 3 is 2.54 bits per heavy atom. The highest BCUT2D eigenvalue weighted by molar-refractivity contribution is 7.98. The normalized spacial score (nSPS) is 13.2. The van der Waals surface area contributed by atoms with Gasteiger partial charge in [0.25, 0.3) is 0 Å². The van der Waals surface area contributed by atoms with Gasteiger partial charge in [0.2, 0.25) is 0 Å². The molecule has 13 heavy (non-hydrogen) atoms. The summed E-state index contributed by atoms with van der Waals surface area (Å²) in [6.45, 7) is 4.91. The van der Waals surface area contributed by atoms with Crippen LogP contribution in [0.1, 0.15) is 20.3 Å². The Morgan fingerprint density at radius 1 is 1.54 bits per heavy atom. The van der Waals surface area contributed by atoms with Crippen LogP contribution in [0.3, 0.4) is 0 Å². The standard InChI is InChI=1S/C9H19NO2S/c1-7(2)6-10-8(9(11)12)4-5-13-3/h7-8,10H,4-6H2,1-3H3,(H,11,12)/t8-/m1/s1. The first-order valence-electron chi connectivity index (χ1n) is 4.53. The second kappa shape index (κ2) is 7.21. The van der Waals surface area contributed by atoms with Gasteiger partial charge in [0, 0.05) is 0 Å². The number of hydrogen-bond acceptors (Lipinski definition) is 3. The Labute approximate surface area is 84.3 Å². The average molecular weight is 205 g/mol. The molecule has 3 nitrogen and oxygen atoms in total. The van der Waals surface area contributed by atoms with Gasteiger partial charge in [0.1, 0.15) is 6.04 Å². The van der Waals surface area contributed by atoms with Gasteiger partial charge in [0.15, 0.2) is 0 Å². The molecule has 0 rings (SSSR count). The van der Waals surface area contributed by atoms with Crippen molar-refractivity contribution < 1.29 is 9.90 Å². The maximum absolute atomic E-state index is 10.7. The maximum Gasteiger partial charge on any atom is 0.320 e. The summed E-state index contributed by atoms with van der Waals surface area (Å²) in [5.74, 6) is 0.646. The Bertz CT molecular complexity index is 151. The van der Waals surface area contributed by atoms with E-state index in [-0.39, 0.29) is 6.04 Å². The van der Waals surface area contributed by atoms with Crippen molar-refractivity contribution in [2.75, 3.05) is 18.6 Å². The van der Waals surface area contributed by atoms with Gasteiger partial charge in [-0.25, -0.2) is 0 Å². The third kappa shape index (κ3) is 6.90. The molecule has 0 aliphatic rings. The molecule has 0 aliphatic carbocycles. The van der Waals surface area contributed by atoms with Gasteiger partial charge in [-0.2, -0.15) is 11.8 Å². The molecule has 0 heterocycles. The highest BCUT2D eigenvalue weighted by Gasteiger charge is 2.15. The number of thioether (sulfide) groups is 1. The van der Waals surface area contributed by atoms with E-state index in [0.717, 1.165) is 12.3 Å². The molecular formula is C9H19NO2S. The molecule has 2 N–H and O–H groups in total. The quantitative estimate of drug-likeness (QED) is 0.660. The molecule has 78 valence electrons. The highest BCUT2D eigenvalue weighted by atomic mass is 32.2. The number of hydrogen-bond donors (Lipinski definition) is 2. The van der Waals surface area contributed by atoms with Crippen LogP contribution in [0, 0.1) is 5.92 Å². The molecule has 0 amide bonds. The van der Waals surface area contributed by atoms with E-state index >= 15 is 0 Å². The minimum Gasteiger partial charge on any atom is -0.480 e. The van der Waals surface area contributed by atoms with Crippen LogP contribution < -0.4 is 5.32 Å². The largest absolute Gasteiger partial charge is 0.480 e. The van der Waals surface area contributed by atoms with Gasteiger partial charge in [-0.05, 0) is 30.9 Å². The molecule has 0 saturated carbocycles. The lowest BCUT2D eigenvalue weighted by Gasteiger charge is -2.15. The average Bonchev–Trinajstić information content (AvgIpc) is 2.03. The number of rotatable bonds is 7. The minimum absolute atomic E-state index is 0.380. The number of aliphatic carboxylic acids is 1. The van der Waals surface area contributed by atoms with Crippen LogP contribution in [0.25, 0.3) is 0 Å². The predicted octanol–water partition coefficient (Wildman–Crippen LogP) is 1.44. The van der Waals surface area contributed by atoms with Crippen molar-refractivity contribution in [2.24, 2.45) is 5.92 Å². The van der Waals surface area contributed by atoms with Crippen LogP contribution in [0.15, 0.2) is 0 Å². The van der Waals surface area contributed by atoms with Crippen LogP contribution >= 0.6 is 11.8 Å². The molecule has 1 atom stereocenters. The Kier molecular flexibility index (Phi) is 7.09. The fraction of sp³-hybridized carbons (Fsp3) is 0.889. The zero-order valence-corrected chi connectivity index (χ0v) is 9.36. The first kappa shape index (κ1) is 12.8. The molecule has 0 fully saturated rings. The van der Waals surface area contributed by atoms with Gasteiger partial charge < -0.3 is 10.4 Å². The molecule has 0 spiro atoms. The molecule has 4 heteroatoms. The summed E-state index contributed by atoms with van der Waals surface area (Å²) in [6.07, 6.45) is 2.69. The molecule has 0 aromatic rings. The minimum atomic E-state index is -0.741. The lowest BCUT2D eigenvalue weighted by molar-refractivity contribution is -0.139. The van der Waals surface area contributed by atoms with Gasteiger partial charge in [0.05, 0.1) is 0 Å². The van der Waals surface area contributed by atoms with E-state index in [1.54, 1.807) is 11.8 Å². The number of carbonyl (C=O) groups is 1. The van der Waals surface area contributed by atoms with Crippen molar-refractivity contribution in [2.45, 2.75) is 26.3 Å². The first-order valence-corrected chi connectivity index (χ1v) is 5.92. The third-order valence-electron chi connectivity index (χ3n) is 1.68. The number of carboxylic acid groups (broad SMARTS) is 1. The van der Waals surface area contributed by atoms with Crippen molar-refractivity contribution in [3.05, 3.63) is 0 Å². The summed E-state index contributed by atoms with van der Waals surface area (Å²) in [4.78, 5) is 10.7. The van der Waals surface area contributed by atoms with Gasteiger partial charge in [-0.1, -0.05) is 13.8 Å². The second-order valence-corrected chi connectivity index (χ2v) is 4.46. The number of carboxylic acids is 1. The summed E-state index contributed by atoms with van der Waals surface area (Å²) in [7, 11) is 0. The lowest BCUT2D eigenvalue weighted by atomic mass is 10.2. The van der Waals surface area contributed by atoms with Crippen LogP contribution in [0.2, 0.25) is 0 Å². The van der Waals surface area contributed by atoms with Crippen LogP contribution in [-0.4, -0.2) is 35.7 Å². The van der Waals surface area contributed by atoms with Crippen LogP contribution in [-0.2, 0) is 4.79 Å². The summed E-state index contributed by atoms with van der Waals surface area (Å²) in [5, 5.41) is 11.9. The molecule has 0 radical (unpaired) electrons. The van der Waals surface area contributed by atoms with E-state index < -0.39 is 5.97 Å². The van der Waals surface area contributed by atoms with Gasteiger partial charge in [-0.3, -0.25) is 4.79 Å². The monoisotopic (exact) mass is 205 g/mol. The first-order chi connectivity index (χ1) is 6.07. The SMILES string of the molecule is CSCC[C@@H](NCC(C)C)C(=O)O. The summed E-state index contributed by atoms with van der Waals surface area (Å²) >= 11 is 1.68. The zero-order valence-electron chi connectivity index (χ0n) is 8.54. The van der Waals surface area contributed by atoms with Crippen molar-refractivity contribution >= 4 is 17.7 Å². The predicted molar refractivity (Wildman–Crippen MR) is 57.3 cm³/mol. The fourth-order valence-electron chi connectivity index (χ4n) is 0.927. The van der Waals surface area contributed by atoms with Crippen molar-refractivity contribution in [3.63, 3.8) is 0 Å². The van der Waals surface area contributed by atoms with Crippen LogP contribution in [0.5, 0.6) is 0 Å². The molecule has 0 aromatic heterocycles. The van der Waals surface area contributed by atoms with Crippen molar-refractivity contribution in [1.29, 1.82) is 0 Å². The molecule has 0 unspecified atom stereocenters. The van der Waals surface area contributed by atoms with E-state index in [1.807, 2.05) is 6.26 Å². The highest BCUT2D eigenvalue weighted by Crippen LogP contribution is 2.01. The molecular weight excluding hydrogens is 186 g/mol. The van der Waals surface area contributed by atoms with Gasteiger partial charge >= 0.3 is 5.97 Å². The van der Waals surface area contributed by atoms with E-state index in [0.29, 0.717) is 12.3 Å². The number of nitrogens with one attached hydrogen (secondary N) is 1. The summed E-state index contributed by atoms with van der Waals surface area (Å²) in [5.41, 5.74) is 0. The van der Waals surface area contributed by atoms with Crippen LogP contribution in [0.4, 0.5) is 0 Å². The molecule has 0 bridgehead atoms. The molecule has 0 aromatic carbocycles.